The summed E-state index contributed by atoms with van der Waals surface area (Å²) in [6.45, 7) is -0.756. The number of nitrogens with zero attached hydrogens (tertiary/aromatic N) is 2. The molecule has 1 aromatic carbocycles. The maximum Gasteiger partial charge on any atom is 0.359 e. The first-order chi connectivity index (χ1) is 10.5. The smallest absolute Gasteiger partial charge is 0.359 e. The van der Waals surface area contributed by atoms with E-state index >= 15 is 0 Å². The highest BCUT2D eigenvalue weighted by molar-refractivity contribution is 5.94. The van der Waals surface area contributed by atoms with E-state index in [0.717, 1.165) is 12.3 Å². The van der Waals surface area contributed by atoms with Gasteiger partial charge in [0.05, 0.1) is 11.9 Å². The van der Waals surface area contributed by atoms with Crippen molar-refractivity contribution in [1.29, 1.82) is 0 Å². The molecule has 114 valence electrons. The number of hydrogen-bond donors (Lipinski definition) is 1. The van der Waals surface area contributed by atoms with E-state index in [-0.39, 0.29) is 5.69 Å². The molecule has 6 nitrogen and oxygen atoms in total. The van der Waals surface area contributed by atoms with E-state index in [0.29, 0.717) is 6.07 Å². The summed E-state index contributed by atoms with van der Waals surface area (Å²) < 4.78 is 43.6. The summed E-state index contributed by atoms with van der Waals surface area (Å²) in [5.41, 5.74) is -0.686. The molecule has 0 saturated heterocycles. The van der Waals surface area contributed by atoms with E-state index < -0.39 is 41.6 Å². The summed E-state index contributed by atoms with van der Waals surface area (Å²) in [5, 5.41) is 1.95. The van der Waals surface area contributed by atoms with E-state index in [1.165, 1.54) is 12.4 Å². The number of carbonyl (C=O) groups excluding carboxylic acids is 2. The van der Waals surface area contributed by atoms with Gasteiger partial charge in [0.2, 0.25) is 0 Å². The number of ether oxygens (including phenoxy) is 1. The zero-order valence-corrected chi connectivity index (χ0v) is 10.8. The summed E-state index contributed by atoms with van der Waals surface area (Å²) in [6.07, 6.45) is 3.73. The molecular weight excluding hydrogens is 303 g/mol. The summed E-state index contributed by atoms with van der Waals surface area (Å²) in [4.78, 5) is 30.3. The van der Waals surface area contributed by atoms with Gasteiger partial charge in [-0.2, -0.15) is 0 Å². The molecule has 0 radical (unpaired) electrons. The molecule has 1 amide bonds. The molecule has 0 aliphatic heterocycles. The molecule has 0 aliphatic carbocycles. The zero-order valence-electron chi connectivity index (χ0n) is 10.8. The Morgan fingerprint density at radius 1 is 1.14 bits per heavy atom. The van der Waals surface area contributed by atoms with Gasteiger partial charge in [-0.25, -0.2) is 22.9 Å². The van der Waals surface area contributed by atoms with Gasteiger partial charge >= 0.3 is 5.97 Å². The average Bonchev–Trinajstić information content (AvgIpc) is 2.54. The van der Waals surface area contributed by atoms with Crippen LogP contribution in [0.4, 0.5) is 18.9 Å². The third-order valence-corrected chi connectivity index (χ3v) is 2.42. The summed E-state index contributed by atoms with van der Waals surface area (Å²) >= 11 is 0. The predicted octanol–water partition coefficient (Wildman–Crippen LogP) is 1.69. The number of benzene rings is 1. The molecular formula is C13H8F3N3O3. The maximum atomic E-state index is 13.3. The highest BCUT2D eigenvalue weighted by atomic mass is 19.2. The standard InChI is InChI=1S/C13H8F3N3O3/c14-7-1-2-8(12(16)11(7)15)19-10(20)6-22-13(21)9-5-17-3-4-18-9/h1-5H,6H2,(H,19,20). The Labute approximate surface area is 122 Å². The molecule has 1 N–H and O–H groups in total. The van der Waals surface area contributed by atoms with Crippen molar-refractivity contribution in [3.8, 4) is 0 Å². The zero-order chi connectivity index (χ0) is 16.1. The van der Waals surface area contributed by atoms with Crippen molar-refractivity contribution in [2.24, 2.45) is 0 Å². The predicted molar refractivity (Wildman–Crippen MR) is 67.3 cm³/mol. The van der Waals surface area contributed by atoms with Crippen molar-refractivity contribution in [3.05, 3.63) is 53.9 Å². The molecule has 0 saturated carbocycles. The average molecular weight is 311 g/mol. The van der Waals surface area contributed by atoms with Crippen LogP contribution in [0.5, 0.6) is 0 Å². The Kier molecular flexibility index (Phi) is 4.66. The third-order valence-electron chi connectivity index (χ3n) is 2.42. The molecule has 0 fully saturated rings. The minimum Gasteiger partial charge on any atom is -0.451 e. The summed E-state index contributed by atoms with van der Waals surface area (Å²) in [6, 6.07) is 1.50. The molecule has 9 heteroatoms. The van der Waals surface area contributed by atoms with Crippen molar-refractivity contribution in [2.45, 2.75) is 0 Å². The second-order valence-corrected chi connectivity index (χ2v) is 3.94. The molecule has 0 atom stereocenters. The third kappa shape index (κ3) is 3.57. The van der Waals surface area contributed by atoms with Crippen molar-refractivity contribution in [1.82, 2.24) is 9.97 Å². The van der Waals surface area contributed by atoms with Gasteiger partial charge in [-0.05, 0) is 12.1 Å². The van der Waals surface area contributed by atoms with E-state index in [1.54, 1.807) is 0 Å². The van der Waals surface area contributed by atoms with E-state index in [2.05, 4.69) is 14.7 Å². The lowest BCUT2D eigenvalue weighted by Crippen LogP contribution is -2.22. The number of anilines is 1. The van der Waals surface area contributed by atoms with Crippen LogP contribution in [-0.2, 0) is 9.53 Å². The highest BCUT2D eigenvalue weighted by Crippen LogP contribution is 2.19. The number of nitrogens with one attached hydrogen (secondary N) is 1. The van der Waals surface area contributed by atoms with Gasteiger partial charge in [-0.1, -0.05) is 0 Å². The second-order valence-electron chi connectivity index (χ2n) is 3.94. The van der Waals surface area contributed by atoms with Gasteiger partial charge in [0.25, 0.3) is 5.91 Å². The SMILES string of the molecule is O=C(COC(=O)c1cnccn1)Nc1ccc(F)c(F)c1F. The van der Waals surface area contributed by atoms with Gasteiger partial charge in [0.15, 0.2) is 29.8 Å². The van der Waals surface area contributed by atoms with Crippen LogP contribution in [0.1, 0.15) is 10.5 Å². The molecule has 0 spiro atoms. The molecule has 1 heterocycles. The lowest BCUT2D eigenvalue weighted by atomic mass is 10.3. The van der Waals surface area contributed by atoms with Crippen LogP contribution in [0.3, 0.4) is 0 Å². The van der Waals surface area contributed by atoms with Crippen LogP contribution < -0.4 is 5.32 Å². The quantitative estimate of drug-likeness (QED) is 0.686. The number of esters is 1. The van der Waals surface area contributed by atoms with Crippen molar-refractivity contribution >= 4 is 17.6 Å². The summed E-state index contributed by atoms with van der Waals surface area (Å²) in [7, 11) is 0. The first-order valence-corrected chi connectivity index (χ1v) is 5.85. The Hall–Kier alpha value is -2.97. The Morgan fingerprint density at radius 2 is 1.91 bits per heavy atom. The minimum atomic E-state index is -1.71. The molecule has 0 aliphatic rings. The van der Waals surface area contributed by atoms with E-state index in [9.17, 15) is 22.8 Å². The highest BCUT2D eigenvalue weighted by Gasteiger charge is 2.16. The second kappa shape index (κ2) is 6.66. The fourth-order valence-electron chi connectivity index (χ4n) is 1.42. The molecule has 0 bridgehead atoms. The van der Waals surface area contributed by atoms with Gasteiger partial charge in [-0.3, -0.25) is 9.78 Å². The van der Waals surface area contributed by atoms with Gasteiger partial charge in [0.1, 0.15) is 0 Å². The lowest BCUT2D eigenvalue weighted by Gasteiger charge is -2.07. The number of aromatic nitrogens is 2. The fourth-order valence-corrected chi connectivity index (χ4v) is 1.42. The van der Waals surface area contributed by atoms with Gasteiger partial charge in [-0.15, -0.1) is 0 Å². The normalized spacial score (nSPS) is 10.1. The number of rotatable bonds is 4. The first-order valence-electron chi connectivity index (χ1n) is 5.85. The fraction of sp³-hybridized carbons (Fsp3) is 0.0769. The van der Waals surface area contributed by atoms with Crippen LogP contribution in [0, 0.1) is 17.5 Å². The van der Waals surface area contributed by atoms with Gasteiger partial charge in [0, 0.05) is 12.4 Å². The lowest BCUT2D eigenvalue weighted by molar-refractivity contribution is -0.119. The first kappa shape index (κ1) is 15.4. The Bertz CT molecular complexity index is 710. The Morgan fingerprint density at radius 3 is 2.59 bits per heavy atom. The number of amides is 1. The number of halogens is 3. The maximum absolute atomic E-state index is 13.3. The van der Waals surface area contributed by atoms with Crippen molar-refractivity contribution in [3.63, 3.8) is 0 Å². The molecule has 0 unspecified atom stereocenters. The van der Waals surface area contributed by atoms with Crippen LogP contribution in [0.25, 0.3) is 0 Å². The van der Waals surface area contributed by atoms with Crippen molar-refractivity contribution in [2.75, 3.05) is 11.9 Å². The van der Waals surface area contributed by atoms with Crippen LogP contribution in [-0.4, -0.2) is 28.5 Å². The Balaban J connectivity index is 1.94. The molecule has 1 aromatic heterocycles. The molecule has 2 aromatic rings. The van der Waals surface area contributed by atoms with Crippen LogP contribution in [0.15, 0.2) is 30.7 Å². The largest absolute Gasteiger partial charge is 0.451 e. The minimum absolute atomic E-state index is 0.116. The summed E-state index contributed by atoms with van der Waals surface area (Å²) in [5.74, 6) is -6.48. The van der Waals surface area contributed by atoms with Gasteiger partial charge < -0.3 is 10.1 Å². The van der Waals surface area contributed by atoms with E-state index in [4.69, 9.17) is 0 Å². The molecule has 2 rings (SSSR count). The topological polar surface area (TPSA) is 81.2 Å². The molecule has 22 heavy (non-hydrogen) atoms. The van der Waals surface area contributed by atoms with Crippen LogP contribution in [0.2, 0.25) is 0 Å². The monoisotopic (exact) mass is 311 g/mol. The number of hydrogen-bond acceptors (Lipinski definition) is 5. The van der Waals surface area contributed by atoms with E-state index in [1.807, 2.05) is 5.32 Å². The van der Waals surface area contributed by atoms with Crippen molar-refractivity contribution < 1.29 is 27.5 Å². The number of carbonyl (C=O) groups is 2. The van der Waals surface area contributed by atoms with Crippen LogP contribution >= 0.6 is 0 Å².